The maximum atomic E-state index is 12.6. The molecule has 0 saturated carbocycles. The van der Waals surface area contributed by atoms with E-state index in [0.29, 0.717) is 22.1 Å². The second-order valence-corrected chi connectivity index (χ2v) is 7.38. The van der Waals surface area contributed by atoms with Crippen LogP contribution in [0.2, 0.25) is 0 Å². The lowest BCUT2D eigenvalue weighted by Gasteiger charge is -2.18. The van der Waals surface area contributed by atoms with E-state index in [9.17, 15) is 4.79 Å². The fourth-order valence-electron chi connectivity index (χ4n) is 3.16. The number of nitrogens with two attached hydrogens (primary N) is 3. The molecule has 2 aromatic rings. The highest BCUT2D eigenvalue weighted by molar-refractivity contribution is 7.18. The number of hydrogen-bond acceptors (Lipinski definition) is 6. The summed E-state index contributed by atoms with van der Waals surface area (Å²) in [5.74, 6) is 0.551. The average Bonchev–Trinajstić information content (AvgIpc) is 2.95. The van der Waals surface area contributed by atoms with E-state index in [1.165, 1.54) is 11.3 Å². The van der Waals surface area contributed by atoms with Crippen molar-refractivity contribution in [2.75, 3.05) is 18.6 Å². The largest absolute Gasteiger partial charge is 0.497 e. The van der Waals surface area contributed by atoms with Gasteiger partial charge in [0, 0.05) is 17.8 Å². The summed E-state index contributed by atoms with van der Waals surface area (Å²) in [6, 6.07) is 7.53. The van der Waals surface area contributed by atoms with E-state index in [2.05, 4.69) is 5.32 Å². The van der Waals surface area contributed by atoms with Gasteiger partial charge in [0.15, 0.2) is 0 Å². The van der Waals surface area contributed by atoms with Crippen LogP contribution in [0.5, 0.6) is 5.75 Å². The van der Waals surface area contributed by atoms with Crippen LogP contribution in [0, 0.1) is 0 Å². The van der Waals surface area contributed by atoms with Crippen molar-refractivity contribution in [3.05, 3.63) is 46.0 Å². The Bertz CT molecular complexity index is 840. The third kappa shape index (κ3) is 3.62. The number of hydrogen-bond donors (Lipinski definition) is 4. The van der Waals surface area contributed by atoms with Gasteiger partial charge in [0.2, 0.25) is 0 Å². The van der Waals surface area contributed by atoms with Crippen LogP contribution < -0.4 is 27.3 Å². The topological polar surface area (TPSA) is 116 Å². The first kappa shape index (κ1) is 18.1. The molecule has 0 aliphatic heterocycles. The minimum atomic E-state index is -0.226. The van der Waals surface area contributed by atoms with Gasteiger partial charge in [-0.05, 0) is 49.0 Å². The lowest BCUT2D eigenvalue weighted by molar-refractivity contribution is 0.0956. The zero-order valence-corrected chi connectivity index (χ0v) is 15.6. The second-order valence-electron chi connectivity index (χ2n) is 6.33. The fraction of sp³-hybridized carbons (Fsp3) is 0.316. The van der Waals surface area contributed by atoms with Crippen LogP contribution in [-0.2, 0) is 6.54 Å². The quantitative estimate of drug-likeness (QED) is 0.643. The van der Waals surface area contributed by atoms with Gasteiger partial charge in [-0.2, -0.15) is 0 Å². The average molecular weight is 372 g/mol. The summed E-state index contributed by atoms with van der Waals surface area (Å²) in [5.41, 5.74) is 22.6. The van der Waals surface area contributed by atoms with Crippen molar-refractivity contribution >= 4 is 33.5 Å². The monoisotopic (exact) mass is 372 g/mol. The van der Waals surface area contributed by atoms with Crippen LogP contribution in [0.15, 0.2) is 30.0 Å². The van der Waals surface area contributed by atoms with Gasteiger partial charge in [-0.3, -0.25) is 4.79 Å². The standard InChI is InChI=1S/C19H24N4O2S/c1-25-12-8-6-11(7-9-12)10-23-19(24)17-16(21)15(18(22)26-17)13-4-2-3-5-14(13)20/h6-9H,2-5,10,20-22H2,1H3,(H,23,24). The third-order valence-electron chi connectivity index (χ3n) is 4.60. The molecule has 0 spiro atoms. The molecule has 3 rings (SSSR count). The third-order valence-corrected chi connectivity index (χ3v) is 5.64. The Morgan fingerprint density at radius 2 is 1.85 bits per heavy atom. The normalized spacial score (nSPS) is 14.3. The Labute approximate surface area is 157 Å². The van der Waals surface area contributed by atoms with Crippen molar-refractivity contribution in [3.8, 4) is 5.75 Å². The number of rotatable bonds is 5. The van der Waals surface area contributed by atoms with Crippen LogP contribution in [0.4, 0.5) is 10.7 Å². The molecule has 0 radical (unpaired) electrons. The molecule has 26 heavy (non-hydrogen) atoms. The van der Waals surface area contributed by atoms with Gasteiger partial charge < -0.3 is 27.3 Å². The molecule has 0 bridgehead atoms. The predicted octanol–water partition coefficient (Wildman–Crippen LogP) is 3.09. The van der Waals surface area contributed by atoms with Crippen molar-refractivity contribution in [1.29, 1.82) is 0 Å². The number of ether oxygens (including phenoxy) is 1. The van der Waals surface area contributed by atoms with E-state index in [-0.39, 0.29) is 5.91 Å². The SMILES string of the molecule is COc1ccc(CNC(=O)c2sc(N)c(C3=C(N)CCCC3)c2N)cc1. The zero-order chi connectivity index (χ0) is 18.7. The molecule has 1 aromatic heterocycles. The number of amides is 1. The molecule has 1 aromatic carbocycles. The van der Waals surface area contributed by atoms with E-state index in [1.807, 2.05) is 24.3 Å². The Balaban J connectivity index is 1.76. The van der Waals surface area contributed by atoms with Crippen LogP contribution in [0.3, 0.4) is 0 Å². The first-order valence-electron chi connectivity index (χ1n) is 8.58. The lowest BCUT2D eigenvalue weighted by atomic mass is 9.91. The summed E-state index contributed by atoms with van der Waals surface area (Å²) in [5, 5.41) is 3.45. The van der Waals surface area contributed by atoms with Crippen LogP contribution in [-0.4, -0.2) is 13.0 Å². The van der Waals surface area contributed by atoms with Crippen molar-refractivity contribution < 1.29 is 9.53 Å². The van der Waals surface area contributed by atoms with Gasteiger partial charge in [-0.1, -0.05) is 12.1 Å². The first-order valence-corrected chi connectivity index (χ1v) is 9.39. The van der Waals surface area contributed by atoms with Gasteiger partial charge in [-0.15, -0.1) is 11.3 Å². The molecule has 0 saturated heterocycles. The minimum Gasteiger partial charge on any atom is -0.497 e. The van der Waals surface area contributed by atoms with Gasteiger partial charge in [0.05, 0.1) is 17.8 Å². The number of nitrogen functional groups attached to an aromatic ring is 2. The Kier molecular flexibility index (Phi) is 5.37. The van der Waals surface area contributed by atoms with E-state index in [4.69, 9.17) is 21.9 Å². The molecule has 1 aliphatic rings. The van der Waals surface area contributed by atoms with E-state index in [1.54, 1.807) is 7.11 Å². The fourth-order valence-corrected chi connectivity index (χ4v) is 4.09. The molecule has 138 valence electrons. The molecule has 7 N–H and O–H groups in total. The smallest absolute Gasteiger partial charge is 0.263 e. The Morgan fingerprint density at radius 1 is 1.15 bits per heavy atom. The molecule has 1 aliphatic carbocycles. The predicted molar refractivity (Wildman–Crippen MR) is 107 cm³/mol. The van der Waals surface area contributed by atoms with E-state index in [0.717, 1.165) is 53.8 Å². The van der Waals surface area contributed by atoms with Crippen molar-refractivity contribution in [3.63, 3.8) is 0 Å². The molecular formula is C19H24N4O2S. The summed E-state index contributed by atoms with van der Waals surface area (Å²) in [6.07, 6.45) is 3.84. The number of benzene rings is 1. The number of methoxy groups -OCH3 is 1. The molecule has 6 nitrogen and oxygen atoms in total. The molecule has 1 amide bonds. The van der Waals surface area contributed by atoms with Gasteiger partial charge in [0.25, 0.3) is 5.91 Å². The minimum absolute atomic E-state index is 0.226. The molecule has 1 heterocycles. The zero-order valence-electron chi connectivity index (χ0n) is 14.8. The summed E-state index contributed by atoms with van der Waals surface area (Å²) in [4.78, 5) is 13.0. The Hall–Kier alpha value is -2.67. The first-order chi connectivity index (χ1) is 12.5. The van der Waals surface area contributed by atoms with Crippen molar-refractivity contribution in [1.82, 2.24) is 5.32 Å². The maximum absolute atomic E-state index is 12.6. The maximum Gasteiger partial charge on any atom is 0.263 e. The van der Waals surface area contributed by atoms with Crippen LogP contribution in [0.1, 0.15) is 46.5 Å². The lowest BCUT2D eigenvalue weighted by Crippen LogP contribution is -2.22. The summed E-state index contributed by atoms with van der Waals surface area (Å²) in [7, 11) is 1.62. The summed E-state index contributed by atoms with van der Waals surface area (Å²) < 4.78 is 5.13. The van der Waals surface area contributed by atoms with Crippen LogP contribution in [0.25, 0.3) is 5.57 Å². The highest BCUT2D eigenvalue weighted by Gasteiger charge is 2.24. The van der Waals surface area contributed by atoms with E-state index >= 15 is 0 Å². The number of anilines is 2. The molecule has 0 unspecified atom stereocenters. The van der Waals surface area contributed by atoms with Gasteiger partial charge in [0.1, 0.15) is 10.6 Å². The molecular weight excluding hydrogens is 348 g/mol. The highest BCUT2D eigenvalue weighted by atomic mass is 32.1. The number of carbonyl (C=O) groups excluding carboxylic acids is 1. The number of nitrogens with one attached hydrogen (secondary N) is 1. The van der Waals surface area contributed by atoms with Crippen LogP contribution >= 0.6 is 11.3 Å². The molecule has 0 fully saturated rings. The van der Waals surface area contributed by atoms with Crippen molar-refractivity contribution in [2.45, 2.75) is 32.2 Å². The van der Waals surface area contributed by atoms with Crippen molar-refractivity contribution in [2.24, 2.45) is 5.73 Å². The number of thiophene rings is 1. The van der Waals surface area contributed by atoms with E-state index < -0.39 is 0 Å². The van der Waals surface area contributed by atoms with Gasteiger partial charge in [-0.25, -0.2) is 0 Å². The number of carbonyl (C=O) groups is 1. The highest BCUT2D eigenvalue weighted by Crippen LogP contribution is 2.42. The second kappa shape index (κ2) is 7.70. The van der Waals surface area contributed by atoms with Gasteiger partial charge >= 0.3 is 0 Å². The number of allylic oxidation sites excluding steroid dienone is 2. The summed E-state index contributed by atoms with van der Waals surface area (Å²) in [6.45, 7) is 0.403. The molecule has 7 heteroatoms. The molecule has 0 atom stereocenters. The summed E-state index contributed by atoms with van der Waals surface area (Å²) >= 11 is 1.22. The Morgan fingerprint density at radius 3 is 2.50 bits per heavy atom.